The molecule has 0 aromatic carbocycles. The third kappa shape index (κ3) is 2.49. The van der Waals surface area contributed by atoms with Crippen molar-refractivity contribution in [2.75, 3.05) is 18.4 Å². The average Bonchev–Trinajstić information content (AvgIpc) is 2.85. The number of likely N-dealkylation sites (tertiary alicyclic amines) is 1. The van der Waals surface area contributed by atoms with E-state index in [4.69, 9.17) is 0 Å². The Morgan fingerprint density at radius 1 is 1.32 bits per heavy atom. The van der Waals surface area contributed by atoms with Crippen LogP contribution in [0.4, 0.5) is 10.5 Å². The summed E-state index contributed by atoms with van der Waals surface area (Å²) in [7, 11) is 0. The number of piperidine rings is 1. The maximum absolute atomic E-state index is 12.2. The van der Waals surface area contributed by atoms with E-state index in [-0.39, 0.29) is 6.03 Å². The van der Waals surface area contributed by atoms with Gasteiger partial charge in [-0.3, -0.25) is 0 Å². The maximum atomic E-state index is 12.2. The Morgan fingerprint density at radius 3 is 2.74 bits per heavy atom. The summed E-state index contributed by atoms with van der Waals surface area (Å²) >= 11 is 1.66. The first kappa shape index (κ1) is 12.9. The van der Waals surface area contributed by atoms with E-state index in [0.717, 1.165) is 38.2 Å². The number of carbonyl (C=O) groups is 1. The number of nitrogens with one attached hydrogen (secondary N) is 1. The van der Waals surface area contributed by atoms with Crippen LogP contribution in [-0.2, 0) is 6.54 Å². The molecule has 3 heterocycles. The number of hydrogen-bond acceptors (Lipinski definition) is 3. The van der Waals surface area contributed by atoms with Gasteiger partial charge in [-0.15, -0.1) is 11.3 Å². The number of thiophene rings is 1. The van der Waals surface area contributed by atoms with Gasteiger partial charge in [0, 0.05) is 36.1 Å². The molecular weight excluding hydrogens is 258 g/mol. The highest BCUT2D eigenvalue weighted by Crippen LogP contribution is 2.30. The van der Waals surface area contributed by atoms with Crippen LogP contribution in [0, 0.1) is 0 Å². The lowest BCUT2D eigenvalue weighted by molar-refractivity contribution is 0.105. The monoisotopic (exact) mass is 279 g/mol. The number of fused-ring (bicyclic) bond motifs is 1. The summed E-state index contributed by atoms with van der Waals surface area (Å²) in [5.41, 5.74) is 2.27. The van der Waals surface area contributed by atoms with Gasteiger partial charge in [0.1, 0.15) is 0 Å². The number of urea groups is 1. The maximum Gasteiger partial charge on any atom is 0.322 e. The molecule has 2 amide bonds. The number of hydrogen-bond donors (Lipinski definition) is 1. The highest BCUT2D eigenvalue weighted by atomic mass is 32.1. The summed E-state index contributed by atoms with van der Waals surface area (Å²) in [6.45, 7) is 7.46. The average molecular weight is 279 g/mol. The molecule has 1 N–H and O–H groups in total. The van der Waals surface area contributed by atoms with Gasteiger partial charge in [-0.25, -0.2) is 4.79 Å². The van der Waals surface area contributed by atoms with Crippen molar-refractivity contribution >= 4 is 23.1 Å². The second-order valence-electron chi connectivity index (χ2n) is 5.73. The molecule has 3 rings (SSSR count). The molecule has 0 radical (unpaired) electrons. The van der Waals surface area contributed by atoms with Gasteiger partial charge in [-0.1, -0.05) is 0 Å². The van der Waals surface area contributed by atoms with E-state index >= 15 is 0 Å². The summed E-state index contributed by atoms with van der Waals surface area (Å²) in [5, 5.41) is 7.17. The van der Waals surface area contributed by atoms with Crippen LogP contribution < -0.4 is 5.32 Å². The second kappa shape index (κ2) is 5.13. The predicted molar refractivity (Wildman–Crippen MR) is 78.6 cm³/mol. The Hall–Kier alpha value is -1.07. The van der Waals surface area contributed by atoms with Crippen LogP contribution in [0.25, 0.3) is 0 Å². The summed E-state index contributed by atoms with van der Waals surface area (Å²) in [4.78, 5) is 16.7. The molecule has 2 aliphatic rings. The van der Waals surface area contributed by atoms with Crippen LogP contribution >= 0.6 is 11.3 Å². The van der Waals surface area contributed by atoms with E-state index in [1.54, 1.807) is 11.3 Å². The SMILES string of the molecule is CC(C)N1CCC(N2Cc3cscc3NC2=O)CC1. The molecule has 104 valence electrons. The zero-order valence-electron chi connectivity index (χ0n) is 11.6. The normalized spacial score (nSPS) is 21.6. The molecule has 0 saturated carbocycles. The number of anilines is 1. The summed E-state index contributed by atoms with van der Waals surface area (Å²) in [5.74, 6) is 0. The smallest absolute Gasteiger partial charge is 0.317 e. The minimum atomic E-state index is 0.0777. The summed E-state index contributed by atoms with van der Waals surface area (Å²) < 4.78 is 0. The lowest BCUT2D eigenvalue weighted by Crippen LogP contribution is -2.51. The van der Waals surface area contributed by atoms with Gasteiger partial charge in [0.25, 0.3) is 0 Å². The van der Waals surface area contributed by atoms with Crippen LogP contribution in [0.3, 0.4) is 0 Å². The molecule has 0 atom stereocenters. The predicted octanol–water partition coefficient (Wildman–Crippen LogP) is 2.97. The molecule has 0 spiro atoms. The molecule has 2 aliphatic heterocycles. The third-order valence-electron chi connectivity index (χ3n) is 4.26. The van der Waals surface area contributed by atoms with Gasteiger partial charge in [0.2, 0.25) is 0 Å². The van der Waals surface area contributed by atoms with Crippen molar-refractivity contribution in [1.29, 1.82) is 0 Å². The molecule has 0 unspecified atom stereocenters. The molecule has 1 fully saturated rings. The first-order valence-electron chi connectivity index (χ1n) is 7.02. The molecule has 1 saturated heterocycles. The van der Waals surface area contributed by atoms with Crippen molar-refractivity contribution in [3.05, 3.63) is 16.3 Å². The van der Waals surface area contributed by atoms with Gasteiger partial charge in [0.15, 0.2) is 0 Å². The Kier molecular flexibility index (Phi) is 3.50. The molecule has 1 aromatic heterocycles. The third-order valence-corrected chi connectivity index (χ3v) is 5.05. The minimum Gasteiger partial charge on any atom is -0.317 e. The highest BCUT2D eigenvalue weighted by Gasteiger charge is 2.32. The lowest BCUT2D eigenvalue weighted by Gasteiger charge is -2.41. The van der Waals surface area contributed by atoms with Crippen molar-refractivity contribution in [2.24, 2.45) is 0 Å². The molecular formula is C14H21N3OS. The lowest BCUT2D eigenvalue weighted by atomic mass is 10.0. The highest BCUT2D eigenvalue weighted by molar-refractivity contribution is 7.08. The van der Waals surface area contributed by atoms with Gasteiger partial charge in [0.05, 0.1) is 12.2 Å². The zero-order valence-corrected chi connectivity index (χ0v) is 12.4. The topological polar surface area (TPSA) is 35.6 Å². The molecule has 0 aliphatic carbocycles. The van der Waals surface area contributed by atoms with Crippen molar-refractivity contribution in [1.82, 2.24) is 9.80 Å². The number of rotatable bonds is 2. The minimum absolute atomic E-state index is 0.0777. The second-order valence-corrected chi connectivity index (χ2v) is 6.47. The number of amides is 2. The van der Waals surface area contributed by atoms with Crippen molar-refractivity contribution in [2.45, 2.75) is 45.3 Å². The standard InChI is InChI=1S/C14H21N3OS/c1-10(2)16-5-3-12(4-6-16)17-7-11-8-19-9-13(11)15-14(17)18/h8-10,12H,3-7H2,1-2H3,(H,15,18). The Morgan fingerprint density at radius 2 is 2.05 bits per heavy atom. The van der Waals surface area contributed by atoms with E-state index in [1.807, 2.05) is 10.3 Å². The Labute approximate surface area is 118 Å². The van der Waals surface area contributed by atoms with E-state index < -0.39 is 0 Å². The Balaban J connectivity index is 1.66. The van der Waals surface area contributed by atoms with Crippen molar-refractivity contribution in [3.63, 3.8) is 0 Å². The largest absolute Gasteiger partial charge is 0.322 e. The van der Waals surface area contributed by atoms with Gasteiger partial charge < -0.3 is 15.1 Å². The van der Waals surface area contributed by atoms with Gasteiger partial charge >= 0.3 is 6.03 Å². The zero-order chi connectivity index (χ0) is 13.4. The van der Waals surface area contributed by atoms with Crippen LogP contribution in [-0.4, -0.2) is 41.0 Å². The van der Waals surface area contributed by atoms with Crippen LogP contribution in [0.5, 0.6) is 0 Å². The molecule has 0 bridgehead atoms. The fourth-order valence-corrected chi connectivity index (χ4v) is 3.79. The number of carbonyl (C=O) groups excluding carboxylic acids is 1. The fourth-order valence-electron chi connectivity index (χ4n) is 3.01. The summed E-state index contributed by atoms with van der Waals surface area (Å²) in [6.07, 6.45) is 2.18. The van der Waals surface area contributed by atoms with E-state index in [0.29, 0.717) is 12.1 Å². The van der Waals surface area contributed by atoms with Crippen LogP contribution in [0.1, 0.15) is 32.3 Å². The van der Waals surface area contributed by atoms with Crippen LogP contribution in [0.2, 0.25) is 0 Å². The molecule has 5 heteroatoms. The quantitative estimate of drug-likeness (QED) is 0.903. The summed E-state index contributed by atoms with van der Waals surface area (Å²) in [6, 6.07) is 1.08. The molecule has 1 aromatic rings. The van der Waals surface area contributed by atoms with E-state index in [1.165, 1.54) is 5.56 Å². The molecule has 4 nitrogen and oxygen atoms in total. The van der Waals surface area contributed by atoms with Crippen LogP contribution in [0.15, 0.2) is 10.8 Å². The van der Waals surface area contributed by atoms with Crippen molar-refractivity contribution < 1.29 is 4.79 Å². The fraction of sp³-hybridized carbons (Fsp3) is 0.643. The van der Waals surface area contributed by atoms with E-state index in [2.05, 4.69) is 29.4 Å². The molecule has 19 heavy (non-hydrogen) atoms. The van der Waals surface area contributed by atoms with Gasteiger partial charge in [-0.2, -0.15) is 0 Å². The number of nitrogens with zero attached hydrogens (tertiary/aromatic N) is 2. The van der Waals surface area contributed by atoms with Crippen molar-refractivity contribution in [3.8, 4) is 0 Å². The first-order valence-corrected chi connectivity index (χ1v) is 7.96. The van der Waals surface area contributed by atoms with E-state index in [9.17, 15) is 4.79 Å². The first-order chi connectivity index (χ1) is 9.15. The van der Waals surface area contributed by atoms with Gasteiger partial charge in [-0.05, 0) is 32.1 Å². The Bertz CT molecular complexity index is 463.